The molecule has 0 spiro atoms. The van der Waals surface area contributed by atoms with E-state index >= 15 is 0 Å². The van der Waals surface area contributed by atoms with Crippen molar-refractivity contribution in [3.05, 3.63) is 63.6 Å². The topological polar surface area (TPSA) is 85.5 Å². The maximum absolute atomic E-state index is 14.0. The van der Waals surface area contributed by atoms with E-state index in [9.17, 15) is 9.59 Å². The van der Waals surface area contributed by atoms with Crippen molar-refractivity contribution < 1.29 is 14.3 Å². The molecule has 240 valence electrons. The molecule has 2 aliphatic heterocycles. The number of imidazole rings is 1. The van der Waals surface area contributed by atoms with Gasteiger partial charge in [0.25, 0.3) is 11.8 Å². The van der Waals surface area contributed by atoms with E-state index in [0.29, 0.717) is 64.9 Å². The number of nitrogens with zero attached hydrogens (tertiary/aromatic N) is 6. The van der Waals surface area contributed by atoms with Crippen molar-refractivity contribution >= 4 is 56.7 Å². The molecule has 5 aromatic rings. The van der Waals surface area contributed by atoms with Gasteiger partial charge in [0.15, 0.2) is 10.3 Å². The quantitative estimate of drug-likeness (QED) is 0.190. The van der Waals surface area contributed by atoms with Crippen molar-refractivity contribution in [1.82, 2.24) is 28.9 Å². The molecule has 5 fully saturated rings. The predicted molar refractivity (Wildman–Crippen MR) is 181 cm³/mol. The average molecular weight is 667 g/mol. The number of carbonyl (C=O) groups excluding carboxylic acids is 2. The lowest BCUT2D eigenvalue weighted by Gasteiger charge is -2.52. The van der Waals surface area contributed by atoms with Crippen LogP contribution in [0.4, 0.5) is 0 Å². The number of fused-ring (bicyclic) bond motifs is 2. The zero-order valence-electron chi connectivity index (χ0n) is 26.1. The molecule has 5 aliphatic rings. The molecular weight excluding hydrogens is 632 g/mol. The highest BCUT2D eigenvalue weighted by Gasteiger charge is 2.61. The third-order valence-corrected chi connectivity index (χ3v) is 12.6. The number of methoxy groups -OCH3 is 1. The molecule has 10 rings (SSSR count). The van der Waals surface area contributed by atoms with Crippen LogP contribution in [0.3, 0.4) is 0 Å². The number of carbonyl (C=O) groups is 2. The van der Waals surface area contributed by atoms with Gasteiger partial charge in [0.2, 0.25) is 0 Å². The summed E-state index contributed by atoms with van der Waals surface area (Å²) < 4.78 is 11.1. The Kier molecular flexibility index (Phi) is 6.17. The van der Waals surface area contributed by atoms with E-state index < -0.39 is 0 Å². The van der Waals surface area contributed by atoms with Gasteiger partial charge in [-0.15, -0.1) is 11.3 Å². The number of ether oxygens (including phenoxy) is 1. The molecule has 11 heteroatoms. The molecule has 3 aliphatic carbocycles. The SMILES string of the molecule is COc1cc(C(=O)N2CC3CC4CC2[C@H]43)cc2nc(-c3cc4ccccc4n3CC3CC3)n(CC3CN(C(=O)c4csc(Cl)n4)C3)c12. The van der Waals surface area contributed by atoms with Crippen LogP contribution in [-0.4, -0.2) is 73.5 Å². The maximum Gasteiger partial charge on any atom is 0.273 e. The first kappa shape index (κ1) is 28.2. The van der Waals surface area contributed by atoms with Gasteiger partial charge in [-0.1, -0.05) is 29.8 Å². The number of halogens is 1. The lowest BCUT2D eigenvalue weighted by Crippen LogP contribution is -2.53. The van der Waals surface area contributed by atoms with E-state index in [1.54, 1.807) is 12.5 Å². The molecule has 0 bridgehead atoms. The summed E-state index contributed by atoms with van der Waals surface area (Å²) >= 11 is 7.29. The second-order valence-corrected chi connectivity index (χ2v) is 15.8. The molecule has 0 radical (unpaired) electrons. The fraction of sp³-hybridized carbons (Fsp3) is 0.444. The highest BCUT2D eigenvalue weighted by Crippen LogP contribution is 2.60. The summed E-state index contributed by atoms with van der Waals surface area (Å²) in [6, 6.07) is 15.1. The standard InChI is InChI=1S/C36H35ClN6O3S/c1-46-30-12-23(34(44)42-17-24-8-22-11-28(42)31(22)24)9-25-32(30)43(16-20-13-40(14-20)35(45)26-18-47-36(37)39-26)33(38-25)29-10-21-4-2-3-5-27(21)41(29)15-19-6-7-19/h2-5,9-10,12,18-20,22,24,28,31H,6-8,11,13-17H2,1H3/t22?,24?,28?,31-/m1/s1. The Balaban J connectivity index is 1.05. The Bertz CT molecular complexity index is 2110. The molecule has 2 aromatic carbocycles. The zero-order chi connectivity index (χ0) is 31.6. The summed E-state index contributed by atoms with van der Waals surface area (Å²) in [7, 11) is 1.68. The van der Waals surface area contributed by atoms with Gasteiger partial charge in [-0.3, -0.25) is 9.59 Å². The third kappa shape index (κ3) is 4.33. The molecule has 2 amide bonds. The van der Waals surface area contributed by atoms with Gasteiger partial charge in [-0.25, -0.2) is 9.97 Å². The van der Waals surface area contributed by atoms with Gasteiger partial charge in [0.1, 0.15) is 17.0 Å². The van der Waals surface area contributed by atoms with Crippen molar-refractivity contribution in [3.8, 4) is 17.3 Å². The molecule has 3 unspecified atom stereocenters. The molecule has 47 heavy (non-hydrogen) atoms. The molecule has 4 atom stereocenters. The van der Waals surface area contributed by atoms with Gasteiger partial charge >= 0.3 is 0 Å². The van der Waals surface area contributed by atoms with E-state index in [4.69, 9.17) is 21.3 Å². The summed E-state index contributed by atoms with van der Waals surface area (Å²) in [5.41, 5.74) is 4.99. The minimum absolute atomic E-state index is 0.0847. The normalized spacial score (nSPS) is 24.7. The van der Waals surface area contributed by atoms with Crippen molar-refractivity contribution in [2.45, 2.75) is 44.8 Å². The Morgan fingerprint density at radius 3 is 2.53 bits per heavy atom. The maximum atomic E-state index is 14.0. The minimum Gasteiger partial charge on any atom is -0.494 e. The van der Waals surface area contributed by atoms with Crippen molar-refractivity contribution in [2.75, 3.05) is 26.7 Å². The lowest BCUT2D eigenvalue weighted by atomic mass is 9.53. The number of hydrogen-bond donors (Lipinski definition) is 0. The molecule has 0 N–H and O–H groups in total. The van der Waals surface area contributed by atoms with Crippen molar-refractivity contribution in [1.29, 1.82) is 0 Å². The van der Waals surface area contributed by atoms with Gasteiger partial charge in [0.05, 0.1) is 18.3 Å². The predicted octanol–water partition coefficient (Wildman–Crippen LogP) is 6.44. The highest BCUT2D eigenvalue weighted by atomic mass is 35.5. The summed E-state index contributed by atoms with van der Waals surface area (Å²) in [4.78, 5) is 40.5. The summed E-state index contributed by atoms with van der Waals surface area (Å²) in [5, 5.41) is 2.91. The molecule has 2 saturated heterocycles. The monoisotopic (exact) mass is 666 g/mol. The molecule has 3 aromatic heterocycles. The number of aromatic nitrogens is 4. The fourth-order valence-corrected chi connectivity index (χ4v) is 9.76. The van der Waals surface area contributed by atoms with E-state index in [0.717, 1.165) is 48.0 Å². The Morgan fingerprint density at radius 1 is 0.957 bits per heavy atom. The molecule has 5 heterocycles. The van der Waals surface area contributed by atoms with Crippen LogP contribution in [0.25, 0.3) is 33.5 Å². The Labute approximate surface area is 281 Å². The number of benzene rings is 2. The van der Waals surface area contributed by atoms with Crippen LogP contribution in [0.15, 0.2) is 47.8 Å². The summed E-state index contributed by atoms with van der Waals surface area (Å²) in [6.45, 7) is 3.74. The largest absolute Gasteiger partial charge is 0.494 e. The van der Waals surface area contributed by atoms with E-state index in [2.05, 4.69) is 49.3 Å². The average Bonchev–Trinajstić information content (AvgIpc) is 3.47. The highest BCUT2D eigenvalue weighted by molar-refractivity contribution is 7.14. The third-order valence-electron chi connectivity index (χ3n) is 11.6. The summed E-state index contributed by atoms with van der Waals surface area (Å²) in [5.74, 6) is 4.66. The molecule has 9 nitrogen and oxygen atoms in total. The van der Waals surface area contributed by atoms with Crippen LogP contribution in [0, 0.1) is 29.6 Å². The second-order valence-electron chi connectivity index (χ2n) is 14.4. The van der Waals surface area contributed by atoms with Crippen LogP contribution >= 0.6 is 22.9 Å². The van der Waals surface area contributed by atoms with Crippen LogP contribution < -0.4 is 4.74 Å². The second kappa shape index (κ2) is 10.3. The first-order chi connectivity index (χ1) is 22.9. The van der Waals surface area contributed by atoms with Gasteiger partial charge < -0.3 is 23.7 Å². The molecular formula is C36H35ClN6O3S. The number of likely N-dealkylation sites (tertiary alicyclic amines) is 2. The lowest BCUT2D eigenvalue weighted by molar-refractivity contribution is -0.0204. The number of thiazole rings is 1. The molecule has 3 saturated carbocycles. The van der Waals surface area contributed by atoms with Crippen molar-refractivity contribution in [3.63, 3.8) is 0 Å². The van der Waals surface area contributed by atoms with Crippen LogP contribution in [0.5, 0.6) is 5.75 Å². The number of hydrogen-bond acceptors (Lipinski definition) is 6. The van der Waals surface area contributed by atoms with Gasteiger partial charge in [0, 0.05) is 66.5 Å². The number of amides is 2. The number of rotatable bonds is 8. The van der Waals surface area contributed by atoms with Crippen molar-refractivity contribution in [2.24, 2.45) is 29.6 Å². The smallest absolute Gasteiger partial charge is 0.273 e. The first-order valence-electron chi connectivity index (χ1n) is 16.8. The van der Waals surface area contributed by atoms with Crippen LogP contribution in [-0.2, 0) is 13.1 Å². The minimum atomic E-state index is -0.0847. The van der Waals surface area contributed by atoms with E-state index in [-0.39, 0.29) is 17.7 Å². The number of para-hydroxylation sites is 1. The Hall–Kier alpha value is -3.89. The van der Waals surface area contributed by atoms with Gasteiger partial charge in [-0.2, -0.15) is 0 Å². The fourth-order valence-electron chi connectivity index (χ4n) is 9.02. The zero-order valence-corrected chi connectivity index (χ0v) is 27.7. The first-order valence-corrected chi connectivity index (χ1v) is 18.1. The summed E-state index contributed by atoms with van der Waals surface area (Å²) in [6.07, 6.45) is 4.92. The van der Waals surface area contributed by atoms with Crippen LogP contribution in [0.1, 0.15) is 46.5 Å². The van der Waals surface area contributed by atoms with Crippen LogP contribution in [0.2, 0.25) is 4.47 Å². The van der Waals surface area contributed by atoms with E-state index in [1.165, 1.54) is 41.5 Å². The Morgan fingerprint density at radius 2 is 1.79 bits per heavy atom. The van der Waals surface area contributed by atoms with E-state index in [1.807, 2.05) is 17.0 Å². The van der Waals surface area contributed by atoms with Gasteiger partial charge in [-0.05, 0) is 73.6 Å².